The molecule has 0 atom stereocenters. The van der Waals surface area contributed by atoms with Gasteiger partial charge in [-0.1, -0.05) is 24.3 Å². The Bertz CT molecular complexity index is 1250. The lowest BCUT2D eigenvalue weighted by atomic mass is 10.00. The summed E-state index contributed by atoms with van der Waals surface area (Å²) in [7, 11) is 4.88. The summed E-state index contributed by atoms with van der Waals surface area (Å²) >= 11 is 1.70. The minimum atomic E-state index is 0.0898. The fourth-order valence-electron chi connectivity index (χ4n) is 5.20. The van der Waals surface area contributed by atoms with Crippen LogP contribution >= 0.6 is 11.3 Å². The number of fused-ring (bicyclic) bond motifs is 1. The molecule has 1 aromatic heterocycles. The summed E-state index contributed by atoms with van der Waals surface area (Å²) in [4.78, 5) is 24.9. The molecule has 37 heavy (non-hydrogen) atoms. The summed E-state index contributed by atoms with van der Waals surface area (Å²) in [6, 6.07) is 9.86. The second-order valence-corrected chi connectivity index (χ2v) is 10.9. The van der Waals surface area contributed by atoms with Crippen molar-refractivity contribution in [2.45, 2.75) is 26.3 Å². The van der Waals surface area contributed by atoms with Crippen LogP contribution in [0.3, 0.4) is 0 Å². The van der Waals surface area contributed by atoms with Crippen molar-refractivity contribution in [3.8, 4) is 17.2 Å². The number of hydrogen-bond acceptors (Lipinski definition) is 8. The lowest BCUT2D eigenvalue weighted by molar-refractivity contribution is 0.0627. The number of piperazine rings is 1. The summed E-state index contributed by atoms with van der Waals surface area (Å²) in [6.07, 6.45) is 2.43. The number of thiazole rings is 1. The number of piperidine rings is 1. The SMILES string of the molecule is COc1ccc(CN2CCN(C(=O)c3ccc4nc(N5CCC(C)CC5)sc4c3)CC2)c(OC)c1OC. The molecule has 2 fully saturated rings. The van der Waals surface area contributed by atoms with Crippen molar-refractivity contribution in [1.82, 2.24) is 14.8 Å². The summed E-state index contributed by atoms with van der Waals surface area (Å²) in [5.41, 5.74) is 2.75. The van der Waals surface area contributed by atoms with E-state index in [1.165, 1.54) is 12.8 Å². The molecular weight excluding hydrogens is 488 g/mol. The predicted molar refractivity (Wildman–Crippen MR) is 148 cm³/mol. The zero-order valence-corrected chi connectivity index (χ0v) is 23.0. The zero-order chi connectivity index (χ0) is 25.9. The molecule has 9 heteroatoms. The predicted octanol–water partition coefficient (Wildman–Crippen LogP) is 4.52. The normalized spacial score (nSPS) is 17.3. The number of carbonyl (C=O) groups excluding carboxylic acids is 1. The maximum Gasteiger partial charge on any atom is 0.253 e. The van der Waals surface area contributed by atoms with Gasteiger partial charge in [-0.25, -0.2) is 4.98 Å². The first-order chi connectivity index (χ1) is 18.0. The van der Waals surface area contributed by atoms with Gasteiger partial charge in [0.1, 0.15) is 0 Å². The average Bonchev–Trinajstić information content (AvgIpc) is 3.36. The van der Waals surface area contributed by atoms with Gasteiger partial charge < -0.3 is 24.0 Å². The molecule has 3 heterocycles. The Morgan fingerprint density at radius 1 is 0.946 bits per heavy atom. The minimum absolute atomic E-state index is 0.0898. The van der Waals surface area contributed by atoms with Crippen LogP contribution in [0.1, 0.15) is 35.7 Å². The standard InChI is InChI=1S/C28H36N4O4S/c1-19-9-11-32(12-10-19)28-29-22-7-5-20(17-24(22)37-28)27(33)31-15-13-30(14-16-31)18-21-6-8-23(34-2)26(36-4)25(21)35-3/h5-8,17,19H,9-16,18H2,1-4H3. The van der Waals surface area contributed by atoms with Gasteiger partial charge in [-0.05, 0) is 43.0 Å². The van der Waals surface area contributed by atoms with E-state index in [4.69, 9.17) is 19.2 Å². The number of nitrogens with zero attached hydrogens (tertiary/aromatic N) is 4. The largest absolute Gasteiger partial charge is 0.493 e. The van der Waals surface area contributed by atoms with E-state index in [0.717, 1.165) is 65.1 Å². The van der Waals surface area contributed by atoms with Gasteiger partial charge in [-0.2, -0.15) is 0 Å². The van der Waals surface area contributed by atoms with Crippen molar-refractivity contribution >= 4 is 32.6 Å². The number of ether oxygens (including phenoxy) is 3. The minimum Gasteiger partial charge on any atom is -0.493 e. The number of aromatic nitrogens is 1. The third-order valence-corrected chi connectivity index (χ3v) is 8.60. The van der Waals surface area contributed by atoms with Crippen LogP contribution < -0.4 is 19.1 Å². The Hall–Kier alpha value is -3.04. The van der Waals surface area contributed by atoms with E-state index in [-0.39, 0.29) is 5.91 Å². The maximum absolute atomic E-state index is 13.3. The van der Waals surface area contributed by atoms with E-state index < -0.39 is 0 Å². The molecule has 198 valence electrons. The first-order valence-corrected chi connectivity index (χ1v) is 13.8. The molecule has 0 N–H and O–H groups in total. The maximum atomic E-state index is 13.3. The number of methoxy groups -OCH3 is 3. The van der Waals surface area contributed by atoms with Crippen LogP contribution in [0, 0.1) is 5.92 Å². The van der Waals surface area contributed by atoms with Crippen LogP contribution in [0.4, 0.5) is 5.13 Å². The molecule has 5 rings (SSSR count). The van der Waals surface area contributed by atoms with Crippen LogP contribution in [0.25, 0.3) is 10.2 Å². The highest BCUT2D eigenvalue weighted by Gasteiger charge is 2.25. The molecule has 0 aliphatic carbocycles. The molecule has 0 spiro atoms. The quantitative estimate of drug-likeness (QED) is 0.450. The highest BCUT2D eigenvalue weighted by Crippen LogP contribution is 2.40. The fourth-order valence-corrected chi connectivity index (χ4v) is 6.26. The van der Waals surface area contributed by atoms with Gasteiger partial charge in [0.05, 0.1) is 31.5 Å². The second-order valence-electron chi connectivity index (χ2n) is 9.91. The summed E-state index contributed by atoms with van der Waals surface area (Å²) in [5, 5.41) is 1.07. The smallest absolute Gasteiger partial charge is 0.253 e. The third kappa shape index (κ3) is 5.33. The van der Waals surface area contributed by atoms with Crippen molar-refractivity contribution in [2.24, 2.45) is 5.92 Å². The van der Waals surface area contributed by atoms with Crippen molar-refractivity contribution in [1.29, 1.82) is 0 Å². The molecule has 0 unspecified atom stereocenters. The molecular formula is C28H36N4O4S. The van der Waals surface area contributed by atoms with Gasteiger partial charge in [0.2, 0.25) is 5.75 Å². The Morgan fingerprint density at radius 3 is 2.35 bits per heavy atom. The van der Waals surface area contributed by atoms with Crippen molar-refractivity contribution < 1.29 is 19.0 Å². The number of benzene rings is 2. The topological polar surface area (TPSA) is 67.4 Å². The van der Waals surface area contributed by atoms with Gasteiger partial charge in [0, 0.05) is 56.9 Å². The molecule has 0 saturated carbocycles. The Morgan fingerprint density at radius 2 is 1.68 bits per heavy atom. The van der Waals surface area contributed by atoms with Crippen LogP contribution in [-0.2, 0) is 6.54 Å². The van der Waals surface area contributed by atoms with Gasteiger partial charge >= 0.3 is 0 Å². The molecule has 8 nitrogen and oxygen atoms in total. The molecule has 0 radical (unpaired) electrons. The highest BCUT2D eigenvalue weighted by molar-refractivity contribution is 7.22. The number of carbonyl (C=O) groups is 1. The van der Waals surface area contributed by atoms with Crippen molar-refractivity contribution in [3.05, 3.63) is 41.5 Å². The summed E-state index contributed by atoms with van der Waals surface area (Å²) in [5.74, 6) is 2.82. The van der Waals surface area contributed by atoms with Gasteiger partial charge in [-0.3, -0.25) is 9.69 Å². The lowest BCUT2D eigenvalue weighted by Crippen LogP contribution is -2.48. The fraction of sp³-hybridized carbons (Fsp3) is 0.500. The average molecular weight is 525 g/mol. The van der Waals surface area contributed by atoms with Gasteiger partial charge in [-0.15, -0.1) is 0 Å². The molecule has 2 aliphatic heterocycles. The second kappa shape index (κ2) is 11.1. The number of amides is 1. The van der Waals surface area contributed by atoms with E-state index in [1.54, 1.807) is 32.7 Å². The molecule has 3 aromatic rings. The van der Waals surface area contributed by atoms with E-state index in [9.17, 15) is 4.79 Å². The van der Waals surface area contributed by atoms with Crippen molar-refractivity contribution in [2.75, 3.05) is 65.5 Å². The van der Waals surface area contributed by atoms with E-state index in [1.807, 2.05) is 35.2 Å². The van der Waals surface area contributed by atoms with Crippen LogP contribution in [0.5, 0.6) is 17.2 Å². The van der Waals surface area contributed by atoms with Crippen LogP contribution in [-0.4, -0.2) is 81.3 Å². The molecule has 2 aromatic carbocycles. The lowest BCUT2D eigenvalue weighted by Gasteiger charge is -2.35. The molecule has 2 aliphatic rings. The number of hydrogen-bond donors (Lipinski definition) is 0. The summed E-state index contributed by atoms with van der Waals surface area (Å²) in [6.45, 7) is 8.13. The Kier molecular flexibility index (Phi) is 7.71. The Labute approximate surface area is 222 Å². The van der Waals surface area contributed by atoms with E-state index >= 15 is 0 Å². The van der Waals surface area contributed by atoms with Crippen LogP contribution in [0.15, 0.2) is 30.3 Å². The first kappa shape index (κ1) is 25.6. The molecule has 1 amide bonds. The monoisotopic (exact) mass is 524 g/mol. The third-order valence-electron chi connectivity index (χ3n) is 7.52. The summed E-state index contributed by atoms with van der Waals surface area (Å²) < 4.78 is 17.7. The number of rotatable bonds is 7. The highest BCUT2D eigenvalue weighted by atomic mass is 32.1. The van der Waals surface area contributed by atoms with Crippen LogP contribution in [0.2, 0.25) is 0 Å². The first-order valence-electron chi connectivity index (χ1n) is 13.0. The zero-order valence-electron chi connectivity index (χ0n) is 22.2. The van der Waals surface area contributed by atoms with Gasteiger partial charge in [0.15, 0.2) is 16.6 Å². The molecule has 2 saturated heterocycles. The molecule has 0 bridgehead atoms. The van der Waals surface area contributed by atoms with Gasteiger partial charge in [0.25, 0.3) is 5.91 Å². The number of anilines is 1. The Balaban J connectivity index is 1.22. The van der Waals surface area contributed by atoms with E-state index in [0.29, 0.717) is 30.3 Å². The van der Waals surface area contributed by atoms with E-state index in [2.05, 4.69) is 16.7 Å². The van der Waals surface area contributed by atoms with Crippen molar-refractivity contribution in [3.63, 3.8) is 0 Å².